The first-order valence-corrected chi connectivity index (χ1v) is 9.12. The fraction of sp³-hybridized carbons (Fsp3) is 0.286. The molecule has 0 unspecified atom stereocenters. The lowest BCUT2D eigenvalue weighted by atomic mass is 10.1. The SMILES string of the molecule is COC(=O)c1ccc(O[C@H](C)C(=O)c2ccc(NC(=O)C(C)C)cc2)c([N+](=O)[O-])c1. The van der Waals surface area contributed by atoms with Gasteiger partial charge in [-0.2, -0.15) is 0 Å². The lowest BCUT2D eigenvalue weighted by molar-refractivity contribution is -0.386. The van der Waals surface area contributed by atoms with Crippen LogP contribution in [-0.2, 0) is 9.53 Å². The van der Waals surface area contributed by atoms with Gasteiger partial charge in [0.2, 0.25) is 11.7 Å². The standard InChI is InChI=1S/C21H22N2O7/c1-12(2)20(25)22-16-8-5-14(6-9-16)19(24)13(3)30-18-10-7-15(21(26)29-4)11-17(18)23(27)28/h5-13H,1-4H3,(H,22,25)/t13-/m1/s1. The minimum Gasteiger partial charge on any atom is -0.475 e. The highest BCUT2D eigenvalue weighted by Crippen LogP contribution is 2.29. The van der Waals surface area contributed by atoms with Crippen molar-refractivity contribution in [2.75, 3.05) is 12.4 Å². The van der Waals surface area contributed by atoms with E-state index in [1.807, 2.05) is 0 Å². The Hall–Kier alpha value is -3.75. The fourth-order valence-electron chi connectivity index (χ4n) is 2.49. The van der Waals surface area contributed by atoms with Crippen LogP contribution in [0.25, 0.3) is 0 Å². The van der Waals surface area contributed by atoms with E-state index >= 15 is 0 Å². The third-order valence-electron chi connectivity index (χ3n) is 4.21. The smallest absolute Gasteiger partial charge is 0.338 e. The number of hydrogen-bond donors (Lipinski definition) is 1. The largest absolute Gasteiger partial charge is 0.475 e. The third kappa shape index (κ3) is 5.40. The van der Waals surface area contributed by atoms with Crippen LogP contribution < -0.4 is 10.1 Å². The molecular weight excluding hydrogens is 392 g/mol. The third-order valence-corrected chi connectivity index (χ3v) is 4.21. The van der Waals surface area contributed by atoms with Crippen molar-refractivity contribution in [1.82, 2.24) is 0 Å². The molecule has 1 N–H and O–H groups in total. The summed E-state index contributed by atoms with van der Waals surface area (Å²) in [7, 11) is 1.17. The van der Waals surface area contributed by atoms with Gasteiger partial charge in [-0.25, -0.2) is 4.79 Å². The van der Waals surface area contributed by atoms with E-state index in [4.69, 9.17) is 4.74 Å². The maximum absolute atomic E-state index is 12.6. The predicted molar refractivity (Wildman–Crippen MR) is 109 cm³/mol. The van der Waals surface area contributed by atoms with Gasteiger partial charge in [0.1, 0.15) is 0 Å². The number of hydrogen-bond acceptors (Lipinski definition) is 7. The molecule has 0 aliphatic heterocycles. The second kappa shape index (κ2) is 9.64. The molecule has 2 aromatic carbocycles. The molecule has 9 heteroatoms. The normalized spacial score (nSPS) is 11.5. The van der Waals surface area contributed by atoms with Gasteiger partial charge in [0.25, 0.3) is 0 Å². The molecule has 0 radical (unpaired) electrons. The van der Waals surface area contributed by atoms with Crippen molar-refractivity contribution >= 4 is 29.0 Å². The van der Waals surface area contributed by atoms with Crippen LogP contribution in [0.2, 0.25) is 0 Å². The number of Topliss-reactive ketones (excluding diaryl/α,β-unsaturated/α-hetero) is 1. The molecule has 0 bridgehead atoms. The van der Waals surface area contributed by atoms with Gasteiger partial charge in [-0.15, -0.1) is 0 Å². The molecule has 158 valence electrons. The second-order valence-electron chi connectivity index (χ2n) is 6.78. The summed E-state index contributed by atoms with van der Waals surface area (Å²) in [6.45, 7) is 5.00. The fourth-order valence-corrected chi connectivity index (χ4v) is 2.49. The Labute approximate surface area is 173 Å². The number of esters is 1. The van der Waals surface area contributed by atoms with Crippen LogP contribution >= 0.6 is 0 Å². The molecule has 0 aliphatic carbocycles. The Morgan fingerprint density at radius 2 is 1.60 bits per heavy atom. The average Bonchev–Trinajstić information content (AvgIpc) is 2.73. The van der Waals surface area contributed by atoms with Crippen molar-refractivity contribution < 1.29 is 28.8 Å². The van der Waals surface area contributed by atoms with Gasteiger partial charge in [0.15, 0.2) is 11.9 Å². The molecule has 0 saturated heterocycles. The molecule has 2 rings (SSSR count). The summed E-state index contributed by atoms with van der Waals surface area (Å²) in [6.07, 6.45) is -1.02. The van der Waals surface area contributed by atoms with Crippen LogP contribution in [-0.4, -0.2) is 35.8 Å². The summed E-state index contributed by atoms with van der Waals surface area (Å²) >= 11 is 0. The Morgan fingerprint density at radius 3 is 2.13 bits per heavy atom. The summed E-state index contributed by atoms with van der Waals surface area (Å²) in [5.41, 5.74) is 0.408. The zero-order valence-electron chi connectivity index (χ0n) is 17.0. The van der Waals surface area contributed by atoms with Crippen molar-refractivity contribution in [2.45, 2.75) is 26.9 Å². The van der Waals surface area contributed by atoms with Crippen LogP contribution in [0.15, 0.2) is 42.5 Å². The predicted octanol–water partition coefficient (Wildman–Crippen LogP) is 3.63. The highest BCUT2D eigenvalue weighted by Gasteiger charge is 2.24. The van der Waals surface area contributed by atoms with Gasteiger partial charge in [-0.1, -0.05) is 13.8 Å². The van der Waals surface area contributed by atoms with Gasteiger partial charge >= 0.3 is 11.7 Å². The number of nitro groups is 1. The number of rotatable bonds is 8. The van der Waals surface area contributed by atoms with Crippen LogP contribution in [0.4, 0.5) is 11.4 Å². The molecule has 0 spiro atoms. The number of carbonyl (C=O) groups excluding carboxylic acids is 3. The van der Waals surface area contributed by atoms with E-state index in [1.165, 1.54) is 38.3 Å². The Morgan fingerprint density at radius 1 is 1.00 bits per heavy atom. The number of methoxy groups -OCH3 is 1. The average molecular weight is 414 g/mol. The Bertz CT molecular complexity index is 968. The highest BCUT2D eigenvalue weighted by molar-refractivity contribution is 6.00. The van der Waals surface area contributed by atoms with Gasteiger partial charge in [0, 0.05) is 23.2 Å². The number of amides is 1. The number of nitrogens with one attached hydrogen (secondary N) is 1. The van der Waals surface area contributed by atoms with Gasteiger partial charge in [-0.05, 0) is 43.3 Å². The number of ether oxygens (including phenoxy) is 2. The molecule has 30 heavy (non-hydrogen) atoms. The number of benzene rings is 2. The Balaban J connectivity index is 2.16. The summed E-state index contributed by atoms with van der Waals surface area (Å²) in [4.78, 5) is 46.6. The van der Waals surface area contributed by atoms with E-state index in [0.717, 1.165) is 6.07 Å². The first-order valence-electron chi connectivity index (χ1n) is 9.12. The van der Waals surface area contributed by atoms with Crippen molar-refractivity contribution in [3.05, 3.63) is 63.7 Å². The molecule has 1 atom stereocenters. The van der Waals surface area contributed by atoms with E-state index in [9.17, 15) is 24.5 Å². The number of ketones is 1. The summed E-state index contributed by atoms with van der Waals surface area (Å²) in [5, 5.41) is 14.1. The van der Waals surface area contributed by atoms with E-state index < -0.39 is 28.5 Å². The molecule has 0 aliphatic rings. The van der Waals surface area contributed by atoms with E-state index in [1.54, 1.807) is 26.0 Å². The monoisotopic (exact) mass is 414 g/mol. The van der Waals surface area contributed by atoms with Crippen LogP contribution in [0.5, 0.6) is 5.75 Å². The quantitative estimate of drug-likeness (QED) is 0.303. The number of nitrogens with zero attached hydrogens (tertiary/aromatic N) is 1. The lowest BCUT2D eigenvalue weighted by Crippen LogP contribution is -2.24. The lowest BCUT2D eigenvalue weighted by Gasteiger charge is -2.15. The maximum Gasteiger partial charge on any atom is 0.338 e. The molecule has 0 saturated carbocycles. The van der Waals surface area contributed by atoms with E-state index in [-0.39, 0.29) is 23.1 Å². The Kier molecular flexibility index (Phi) is 7.24. The first-order chi connectivity index (χ1) is 14.1. The number of carbonyl (C=O) groups is 3. The van der Waals surface area contributed by atoms with Gasteiger partial charge < -0.3 is 14.8 Å². The summed E-state index contributed by atoms with van der Waals surface area (Å²) in [6, 6.07) is 9.85. The molecule has 0 fully saturated rings. The van der Waals surface area contributed by atoms with Gasteiger partial charge in [0.05, 0.1) is 17.6 Å². The van der Waals surface area contributed by atoms with Crippen LogP contribution in [0, 0.1) is 16.0 Å². The van der Waals surface area contributed by atoms with Crippen molar-refractivity contribution in [2.24, 2.45) is 5.92 Å². The van der Waals surface area contributed by atoms with Crippen LogP contribution in [0.3, 0.4) is 0 Å². The summed E-state index contributed by atoms with van der Waals surface area (Å²) in [5.74, 6) is -1.59. The molecule has 0 aromatic heterocycles. The molecule has 9 nitrogen and oxygen atoms in total. The minimum atomic E-state index is -1.02. The van der Waals surface area contributed by atoms with E-state index in [2.05, 4.69) is 10.1 Å². The minimum absolute atomic E-state index is 0.00503. The van der Waals surface area contributed by atoms with E-state index in [0.29, 0.717) is 11.3 Å². The first kappa shape index (κ1) is 22.5. The van der Waals surface area contributed by atoms with Gasteiger partial charge in [-0.3, -0.25) is 19.7 Å². The zero-order valence-corrected chi connectivity index (χ0v) is 17.0. The topological polar surface area (TPSA) is 125 Å². The maximum atomic E-state index is 12.6. The molecule has 2 aromatic rings. The molecular formula is C21H22N2O7. The van der Waals surface area contributed by atoms with Crippen molar-refractivity contribution in [3.63, 3.8) is 0 Å². The number of anilines is 1. The summed E-state index contributed by atoms with van der Waals surface area (Å²) < 4.78 is 10.1. The van der Waals surface area contributed by atoms with Crippen molar-refractivity contribution in [3.8, 4) is 5.75 Å². The molecule has 0 heterocycles. The zero-order chi connectivity index (χ0) is 22.4. The van der Waals surface area contributed by atoms with Crippen LogP contribution in [0.1, 0.15) is 41.5 Å². The number of nitro benzene ring substituents is 1. The highest BCUT2D eigenvalue weighted by atomic mass is 16.6. The second-order valence-corrected chi connectivity index (χ2v) is 6.78. The molecule has 1 amide bonds. The van der Waals surface area contributed by atoms with Crippen molar-refractivity contribution in [1.29, 1.82) is 0 Å².